The predicted octanol–water partition coefficient (Wildman–Crippen LogP) is 0.730. The minimum Gasteiger partial charge on any atom is -0.353 e. The average Bonchev–Trinajstić information content (AvgIpc) is 2.74. The second kappa shape index (κ2) is 9.27. The number of rotatable bonds is 6. The molecule has 0 aliphatic carbocycles. The second-order valence-electron chi connectivity index (χ2n) is 6.99. The summed E-state index contributed by atoms with van der Waals surface area (Å²) in [4.78, 5) is 39.5. The third-order valence-electron chi connectivity index (χ3n) is 4.63. The number of pyridine rings is 2. The highest BCUT2D eigenvalue weighted by Crippen LogP contribution is 2.14. The van der Waals surface area contributed by atoms with Crippen molar-refractivity contribution in [2.45, 2.75) is 0 Å². The number of aromatic nitrogens is 2. The van der Waals surface area contributed by atoms with Crippen LogP contribution in [0.2, 0.25) is 0 Å². The largest absolute Gasteiger partial charge is 0.353 e. The fourth-order valence-electron chi connectivity index (χ4n) is 3.04. The molecule has 2 aromatic rings. The van der Waals surface area contributed by atoms with Gasteiger partial charge in [0.25, 0.3) is 11.8 Å². The second-order valence-corrected chi connectivity index (χ2v) is 6.99. The van der Waals surface area contributed by atoms with E-state index in [1.807, 2.05) is 37.2 Å². The van der Waals surface area contributed by atoms with E-state index >= 15 is 0 Å². The van der Waals surface area contributed by atoms with Crippen molar-refractivity contribution in [3.8, 4) is 0 Å². The van der Waals surface area contributed by atoms with Crippen molar-refractivity contribution in [1.82, 2.24) is 25.1 Å². The number of carbonyl (C=O) groups is 2. The molecule has 3 heterocycles. The van der Waals surface area contributed by atoms with Crippen LogP contribution in [0.1, 0.15) is 20.7 Å². The topological polar surface area (TPSA) is 81.7 Å². The molecule has 1 N–H and O–H groups in total. The van der Waals surface area contributed by atoms with Gasteiger partial charge in [0.2, 0.25) is 0 Å². The van der Waals surface area contributed by atoms with Crippen LogP contribution < -0.4 is 10.2 Å². The maximum Gasteiger partial charge on any atom is 0.255 e. The van der Waals surface area contributed by atoms with Gasteiger partial charge in [0.1, 0.15) is 5.82 Å². The molecule has 2 amide bonds. The Morgan fingerprint density at radius 1 is 1.11 bits per heavy atom. The van der Waals surface area contributed by atoms with Gasteiger partial charge in [-0.3, -0.25) is 14.6 Å². The average molecular weight is 382 g/mol. The summed E-state index contributed by atoms with van der Waals surface area (Å²) in [7, 11) is 3.89. The first-order chi connectivity index (χ1) is 13.5. The van der Waals surface area contributed by atoms with E-state index in [0.29, 0.717) is 30.8 Å². The molecular formula is C20H26N6O2. The van der Waals surface area contributed by atoms with Crippen molar-refractivity contribution < 1.29 is 9.59 Å². The van der Waals surface area contributed by atoms with Crippen molar-refractivity contribution in [2.24, 2.45) is 0 Å². The fraction of sp³-hybridized carbons (Fsp3) is 0.400. The smallest absolute Gasteiger partial charge is 0.255 e. The van der Waals surface area contributed by atoms with E-state index in [9.17, 15) is 9.59 Å². The molecule has 3 rings (SSSR count). The Kier molecular flexibility index (Phi) is 6.54. The first-order valence-electron chi connectivity index (χ1n) is 9.38. The molecule has 1 fully saturated rings. The van der Waals surface area contributed by atoms with Crippen LogP contribution in [-0.2, 0) is 0 Å². The zero-order valence-electron chi connectivity index (χ0n) is 16.3. The Hall–Kier alpha value is -3.00. The van der Waals surface area contributed by atoms with Crippen LogP contribution in [0.15, 0.2) is 42.9 Å². The summed E-state index contributed by atoms with van der Waals surface area (Å²) in [6, 6.07) is 7.44. The molecule has 1 aliphatic rings. The monoisotopic (exact) mass is 382 g/mol. The highest BCUT2D eigenvalue weighted by molar-refractivity contribution is 5.99. The maximum absolute atomic E-state index is 12.8. The summed E-state index contributed by atoms with van der Waals surface area (Å²) < 4.78 is 0. The van der Waals surface area contributed by atoms with Gasteiger partial charge in [-0.25, -0.2) is 4.98 Å². The molecule has 0 atom stereocenters. The van der Waals surface area contributed by atoms with Crippen molar-refractivity contribution in [3.05, 3.63) is 54.0 Å². The van der Waals surface area contributed by atoms with Crippen LogP contribution >= 0.6 is 0 Å². The Balaban J connectivity index is 1.58. The van der Waals surface area contributed by atoms with Gasteiger partial charge in [0, 0.05) is 57.9 Å². The van der Waals surface area contributed by atoms with Gasteiger partial charge >= 0.3 is 0 Å². The van der Waals surface area contributed by atoms with E-state index < -0.39 is 0 Å². The van der Waals surface area contributed by atoms with Crippen LogP contribution in [0.4, 0.5) is 5.82 Å². The molecule has 0 radical (unpaired) electrons. The molecule has 0 bridgehead atoms. The molecule has 0 aromatic carbocycles. The molecule has 0 spiro atoms. The molecule has 148 valence electrons. The van der Waals surface area contributed by atoms with Crippen LogP contribution in [0.5, 0.6) is 0 Å². The Labute approximate surface area is 165 Å². The number of hydrogen-bond donors (Lipinski definition) is 1. The minimum atomic E-state index is -0.219. The molecule has 8 nitrogen and oxygen atoms in total. The number of nitrogens with one attached hydrogen (secondary N) is 1. The summed E-state index contributed by atoms with van der Waals surface area (Å²) in [6.45, 7) is 3.95. The van der Waals surface area contributed by atoms with E-state index in [-0.39, 0.29) is 11.8 Å². The zero-order chi connectivity index (χ0) is 19.9. The van der Waals surface area contributed by atoms with E-state index in [2.05, 4.69) is 20.2 Å². The van der Waals surface area contributed by atoms with Crippen LogP contribution in [0.3, 0.4) is 0 Å². The third-order valence-corrected chi connectivity index (χ3v) is 4.63. The summed E-state index contributed by atoms with van der Waals surface area (Å²) in [5.41, 5.74) is 0.836. The molecular weight excluding hydrogens is 356 g/mol. The number of hydrogen-bond acceptors (Lipinski definition) is 6. The van der Waals surface area contributed by atoms with Gasteiger partial charge in [-0.05, 0) is 32.3 Å². The summed E-state index contributed by atoms with van der Waals surface area (Å²) in [5.74, 6) is 0.604. The lowest BCUT2D eigenvalue weighted by molar-refractivity contribution is 0.0746. The van der Waals surface area contributed by atoms with E-state index in [1.165, 1.54) is 12.4 Å². The number of amides is 2. The lowest BCUT2D eigenvalue weighted by Gasteiger charge is -2.35. The summed E-state index contributed by atoms with van der Waals surface area (Å²) in [6.07, 6.45) is 4.78. The predicted molar refractivity (Wildman–Crippen MR) is 107 cm³/mol. The first kappa shape index (κ1) is 19.8. The first-order valence-corrected chi connectivity index (χ1v) is 9.38. The lowest BCUT2D eigenvalue weighted by Crippen LogP contribution is -2.49. The van der Waals surface area contributed by atoms with Crippen molar-refractivity contribution in [3.63, 3.8) is 0 Å². The van der Waals surface area contributed by atoms with Crippen LogP contribution in [-0.4, -0.2) is 84.9 Å². The molecule has 0 unspecified atom stereocenters. The maximum atomic E-state index is 12.8. The number of nitrogens with zero attached hydrogens (tertiary/aromatic N) is 5. The number of carbonyl (C=O) groups excluding carboxylic acids is 2. The zero-order valence-corrected chi connectivity index (χ0v) is 16.3. The summed E-state index contributed by atoms with van der Waals surface area (Å²) >= 11 is 0. The van der Waals surface area contributed by atoms with Gasteiger partial charge < -0.3 is 20.0 Å². The van der Waals surface area contributed by atoms with E-state index in [4.69, 9.17) is 0 Å². The van der Waals surface area contributed by atoms with E-state index in [1.54, 1.807) is 17.2 Å². The number of likely N-dealkylation sites (N-methyl/N-ethyl adjacent to an activating group) is 1. The summed E-state index contributed by atoms with van der Waals surface area (Å²) in [5, 5.41) is 2.84. The lowest BCUT2D eigenvalue weighted by atomic mass is 10.1. The van der Waals surface area contributed by atoms with E-state index in [0.717, 1.165) is 25.5 Å². The van der Waals surface area contributed by atoms with Gasteiger partial charge in [-0.15, -0.1) is 0 Å². The highest BCUT2D eigenvalue weighted by atomic mass is 16.2. The quantitative estimate of drug-likeness (QED) is 0.793. The normalized spacial score (nSPS) is 14.2. The molecule has 8 heteroatoms. The Morgan fingerprint density at radius 2 is 1.86 bits per heavy atom. The standard InChI is InChI=1S/C20H26N6O2/c1-24(2)8-7-23-19(27)16-13-17(15-21-14-16)20(28)26-11-9-25(10-12-26)18-5-3-4-6-22-18/h3-6,13-15H,7-12H2,1-2H3,(H,23,27). The van der Waals surface area contributed by atoms with Gasteiger partial charge in [-0.1, -0.05) is 6.07 Å². The van der Waals surface area contributed by atoms with Crippen molar-refractivity contribution in [2.75, 3.05) is 58.3 Å². The van der Waals surface area contributed by atoms with Gasteiger partial charge in [-0.2, -0.15) is 0 Å². The molecule has 0 saturated carbocycles. The Bertz CT molecular complexity index is 803. The number of piperazine rings is 1. The molecule has 1 aliphatic heterocycles. The third kappa shape index (κ3) is 5.04. The van der Waals surface area contributed by atoms with Crippen LogP contribution in [0, 0.1) is 0 Å². The number of anilines is 1. The van der Waals surface area contributed by atoms with Crippen molar-refractivity contribution in [1.29, 1.82) is 0 Å². The molecule has 28 heavy (non-hydrogen) atoms. The fourth-order valence-corrected chi connectivity index (χ4v) is 3.04. The van der Waals surface area contributed by atoms with Gasteiger partial charge in [0.05, 0.1) is 11.1 Å². The molecule has 1 saturated heterocycles. The molecule has 2 aromatic heterocycles. The Morgan fingerprint density at radius 3 is 2.54 bits per heavy atom. The minimum absolute atomic E-state index is 0.101. The van der Waals surface area contributed by atoms with Crippen LogP contribution in [0.25, 0.3) is 0 Å². The SMILES string of the molecule is CN(C)CCNC(=O)c1cncc(C(=O)N2CCN(c3ccccn3)CC2)c1. The highest BCUT2D eigenvalue weighted by Gasteiger charge is 2.23. The van der Waals surface area contributed by atoms with Gasteiger partial charge in [0.15, 0.2) is 0 Å². The van der Waals surface area contributed by atoms with Crippen molar-refractivity contribution >= 4 is 17.6 Å².